The fourth-order valence-corrected chi connectivity index (χ4v) is 5.78. The first-order valence-corrected chi connectivity index (χ1v) is 11.7. The molecule has 6 nitrogen and oxygen atoms in total. The van der Waals surface area contributed by atoms with Crippen LogP contribution in [0.3, 0.4) is 0 Å². The van der Waals surface area contributed by atoms with Gasteiger partial charge < -0.3 is 19.6 Å². The van der Waals surface area contributed by atoms with Crippen LogP contribution in [0.1, 0.15) is 52.0 Å². The second-order valence-electron chi connectivity index (χ2n) is 9.26. The molecule has 1 spiro atoms. The summed E-state index contributed by atoms with van der Waals surface area (Å²) in [4.78, 5) is 33.1. The fourth-order valence-electron chi connectivity index (χ4n) is 5.78. The maximum atomic E-state index is 14.1. The smallest absolute Gasteiger partial charge is 0.319 e. The highest BCUT2D eigenvalue weighted by atomic mass is 19.1. The normalized spacial score (nSPS) is 21.4. The molecule has 0 bridgehead atoms. The van der Waals surface area contributed by atoms with Crippen LogP contribution in [0, 0.1) is 5.82 Å². The van der Waals surface area contributed by atoms with E-state index in [1.807, 2.05) is 28.5 Å². The average molecular weight is 431 g/mol. The zero-order valence-corrected chi connectivity index (χ0v) is 19.1. The molecule has 2 saturated heterocycles. The van der Waals surface area contributed by atoms with Crippen LogP contribution in [0.25, 0.3) is 0 Å². The molecule has 0 saturated carbocycles. The lowest BCUT2D eigenvalue weighted by Crippen LogP contribution is -2.54. The zero-order chi connectivity index (χ0) is 22.2. The van der Waals surface area contributed by atoms with Gasteiger partial charge >= 0.3 is 6.03 Å². The van der Waals surface area contributed by atoms with Crippen molar-refractivity contribution in [1.29, 1.82) is 0 Å². The molecule has 3 amide bonds. The van der Waals surface area contributed by atoms with Gasteiger partial charge in [0.25, 0.3) is 0 Å². The van der Waals surface area contributed by atoms with Crippen LogP contribution in [-0.2, 0) is 10.2 Å². The number of carbonyl (C=O) groups excluding carboxylic acids is 2. The van der Waals surface area contributed by atoms with Gasteiger partial charge in [-0.15, -0.1) is 0 Å². The second-order valence-corrected chi connectivity index (χ2v) is 9.26. The van der Waals surface area contributed by atoms with E-state index in [-0.39, 0.29) is 23.2 Å². The summed E-state index contributed by atoms with van der Waals surface area (Å²) in [6.07, 6.45) is 3.88. The van der Waals surface area contributed by atoms with Gasteiger partial charge in [-0.3, -0.25) is 4.79 Å². The minimum atomic E-state index is -0.226. The van der Waals surface area contributed by atoms with Crippen molar-refractivity contribution >= 4 is 17.6 Å². The van der Waals surface area contributed by atoms with Crippen LogP contribution < -0.4 is 4.90 Å². The predicted molar refractivity (Wildman–Crippen MR) is 120 cm³/mol. The second kappa shape index (κ2) is 8.77. The number of benzene rings is 1. The Morgan fingerprint density at radius 3 is 2.32 bits per heavy atom. The van der Waals surface area contributed by atoms with Crippen molar-refractivity contribution < 1.29 is 14.0 Å². The highest BCUT2D eigenvalue weighted by Crippen LogP contribution is 2.47. The number of rotatable bonds is 3. The van der Waals surface area contributed by atoms with Crippen molar-refractivity contribution in [1.82, 2.24) is 14.7 Å². The molecule has 3 heterocycles. The van der Waals surface area contributed by atoms with Crippen LogP contribution in [0.5, 0.6) is 0 Å². The SMILES string of the molecule is CCN(CC)C(=O)N1CCC(N2CCC3(CC2)CN(C(C)=O)c2ccc(F)cc23)CC1. The summed E-state index contributed by atoms with van der Waals surface area (Å²) in [5.41, 5.74) is 1.74. The molecule has 170 valence electrons. The van der Waals surface area contributed by atoms with E-state index in [1.165, 1.54) is 6.07 Å². The van der Waals surface area contributed by atoms with Crippen LogP contribution in [0.4, 0.5) is 14.9 Å². The molecular formula is C24H35FN4O2. The Kier molecular flexibility index (Phi) is 6.24. The third-order valence-corrected chi connectivity index (χ3v) is 7.70. The van der Waals surface area contributed by atoms with Crippen LogP contribution >= 0.6 is 0 Å². The maximum absolute atomic E-state index is 14.1. The van der Waals surface area contributed by atoms with Gasteiger partial charge in [-0.05, 0) is 76.4 Å². The van der Waals surface area contributed by atoms with E-state index in [1.54, 1.807) is 19.1 Å². The molecule has 1 aromatic carbocycles. The molecule has 2 fully saturated rings. The summed E-state index contributed by atoms with van der Waals surface area (Å²) in [5, 5.41) is 0. The van der Waals surface area contributed by atoms with E-state index in [9.17, 15) is 14.0 Å². The van der Waals surface area contributed by atoms with Crippen molar-refractivity contribution in [2.45, 2.75) is 57.9 Å². The quantitative estimate of drug-likeness (QED) is 0.738. The Morgan fingerprint density at radius 2 is 1.74 bits per heavy atom. The molecular weight excluding hydrogens is 395 g/mol. The van der Waals surface area contributed by atoms with Gasteiger partial charge in [0.05, 0.1) is 0 Å². The van der Waals surface area contributed by atoms with E-state index in [0.29, 0.717) is 12.6 Å². The third-order valence-electron chi connectivity index (χ3n) is 7.70. The molecule has 0 aliphatic carbocycles. The first-order valence-electron chi connectivity index (χ1n) is 11.7. The van der Waals surface area contributed by atoms with Gasteiger partial charge in [0.2, 0.25) is 5.91 Å². The Hall–Kier alpha value is -2.15. The number of amides is 3. The Labute approximate surface area is 185 Å². The van der Waals surface area contributed by atoms with Crippen molar-refractivity contribution in [3.63, 3.8) is 0 Å². The van der Waals surface area contributed by atoms with Crippen molar-refractivity contribution in [3.8, 4) is 0 Å². The average Bonchev–Trinajstić information content (AvgIpc) is 3.09. The van der Waals surface area contributed by atoms with E-state index < -0.39 is 0 Å². The topological polar surface area (TPSA) is 47.1 Å². The Morgan fingerprint density at radius 1 is 1.10 bits per heavy atom. The molecule has 3 aliphatic rings. The van der Waals surface area contributed by atoms with Gasteiger partial charge in [-0.1, -0.05) is 0 Å². The largest absolute Gasteiger partial charge is 0.325 e. The number of piperidine rings is 2. The first kappa shape index (κ1) is 22.1. The molecule has 0 atom stereocenters. The lowest BCUT2D eigenvalue weighted by Gasteiger charge is -2.45. The van der Waals surface area contributed by atoms with Crippen LogP contribution in [0.2, 0.25) is 0 Å². The summed E-state index contributed by atoms with van der Waals surface area (Å²) in [6.45, 7) is 11.3. The minimum Gasteiger partial charge on any atom is -0.325 e. The summed E-state index contributed by atoms with van der Waals surface area (Å²) in [5.74, 6) is -0.200. The van der Waals surface area contributed by atoms with E-state index >= 15 is 0 Å². The Balaban J connectivity index is 1.38. The number of halogens is 1. The lowest BCUT2D eigenvalue weighted by molar-refractivity contribution is -0.116. The van der Waals surface area contributed by atoms with Crippen LogP contribution in [-0.4, -0.2) is 78.5 Å². The van der Waals surface area contributed by atoms with E-state index in [4.69, 9.17) is 0 Å². The van der Waals surface area contributed by atoms with Crippen molar-refractivity contribution in [2.24, 2.45) is 0 Å². The molecule has 0 N–H and O–H groups in total. The zero-order valence-electron chi connectivity index (χ0n) is 19.1. The molecule has 1 aromatic rings. The number of likely N-dealkylation sites (tertiary alicyclic amines) is 2. The number of nitrogens with zero attached hydrogens (tertiary/aromatic N) is 4. The fraction of sp³-hybridized carbons (Fsp3) is 0.667. The van der Waals surface area contributed by atoms with E-state index in [2.05, 4.69) is 4.90 Å². The van der Waals surface area contributed by atoms with E-state index in [0.717, 1.165) is 76.2 Å². The summed E-state index contributed by atoms with van der Waals surface area (Å²) in [7, 11) is 0. The molecule has 0 aromatic heterocycles. The van der Waals surface area contributed by atoms with Crippen LogP contribution in [0.15, 0.2) is 18.2 Å². The van der Waals surface area contributed by atoms with Gasteiger partial charge in [0, 0.05) is 56.8 Å². The van der Waals surface area contributed by atoms with Gasteiger partial charge in [0.1, 0.15) is 5.82 Å². The molecule has 3 aliphatic heterocycles. The monoisotopic (exact) mass is 430 g/mol. The highest BCUT2D eigenvalue weighted by Gasteiger charge is 2.46. The molecule has 4 rings (SSSR count). The van der Waals surface area contributed by atoms with Gasteiger partial charge in [-0.2, -0.15) is 0 Å². The summed E-state index contributed by atoms with van der Waals surface area (Å²) < 4.78 is 14.1. The summed E-state index contributed by atoms with van der Waals surface area (Å²) >= 11 is 0. The molecule has 0 unspecified atom stereocenters. The lowest BCUT2D eigenvalue weighted by atomic mass is 9.74. The number of fused-ring (bicyclic) bond motifs is 2. The summed E-state index contributed by atoms with van der Waals surface area (Å²) in [6, 6.07) is 5.52. The maximum Gasteiger partial charge on any atom is 0.319 e. The highest BCUT2D eigenvalue weighted by molar-refractivity contribution is 5.94. The molecule has 7 heteroatoms. The van der Waals surface area contributed by atoms with Gasteiger partial charge in [0.15, 0.2) is 0 Å². The Bertz CT molecular complexity index is 825. The third kappa shape index (κ3) is 4.04. The predicted octanol–water partition coefficient (Wildman–Crippen LogP) is 3.45. The number of urea groups is 1. The standard InChI is InChI=1S/C24H35FN4O2/c1-4-26(5-2)23(31)28-12-8-20(9-13-28)27-14-10-24(11-15-27)17-29(18(3)30)22-7-6-19(25)16-21(22)24/h6-7,16,20H,4-5,8-15,17H2,1-3H3. The van der Waals surface area contributed by atoms with Gasteiger partial charge in [-0.25, -0.2) is 9.18 Å². The molecule has 31 heavy (non-hydrogen) atoms. The number of carbonyl (C=O) groups is 2. The first-order chi connectivity index (χ1) is 14.9. The van der Waals surface area contributed by atoms with Crippen molar-refractivity contribution in [2.75, 3.05) is 50.7 Å². The number of hydrogen-bond donors (Lipinski definition) is 0. The number of anilines is 1. The number of hydrogen-bond acceptors (Lipinski definition) is 3. The van der Waals surface area contributed by atoms with Crippen molar-refractivity contribution in [3.05, 3.63) is 29.6 Å². The minimum absolute atomic E-state index is 0.0254. The molecule has 0 radical (unpaired) electrons.